The molecule has 0 saturated heterocycles. The van der Waals surface area contributed by atoms with E-state index >= 15 is 0 Å². The lowest BCUT2D eigenvalue weighted by Gasteiger charge is -2.07. The predicted molar refractivity (Wildman–Crippen MR) is 85.3 cm³/mol. The molecule has 2 aromatic rings. The molecule has 4 nitrogen and oxygen atoms in total. The molecule has 0 aliphatic rings. The van der Waals surface area contributed by atoms with E-state index in [1.54, 1.807) is 30.5 Å². The Balaban J connectivity index is 2.16. The van der Waals surface area contributed by atoms with Crippen LogP contribution < -0.4 is 5.43 Å². The fourth-order valence-corrected chi connectivity index (χ4v) is 2.29. The van der Waals surface area contributed by atoms with Crippen LogP contribution in [0.15, 0.2) is 41.5 Å². The van der Waals surface area contributed by atoms with E-state index in [1.165, 1.54) is 5.56 Å². The van der Waals surface area contributed by atoms with Gasteiger partial charge in [0.2, 0.25) is 0 Å². The van der Waals surface area contributed by atoms with Gasteiger partial charge in [0.1, 0.15) is 0 Å². The van der Waals surface area contributed by atoms with E-state index in [2.05, 4.69) is 29.6 Å². The minimum Gasteiger partial charge on any atom is -0.478 e. The molecule has 0 amide bonds. The molecular formula is C17H18N2O2. The van der Waals surface area contributed by atoms with E-state index in [-0.39, 0.29) is 5.56 Å². The largest absolute Gasteiger partial charge is 0.478 e. The molecule has 0 radical (unpaired) electrons. The Hall–Kier alpha value is -2.62. The second-order valence-electron chi connectivity index (χ2n) is 5.07. The van der Waals surface area contributed by atoms with E-state index in [9.17, 15) is 4.79 Å². The van der Waals surface area contributed by atoms with Gasteiger partial charge in [-0.25, -0.2) is 4.79 Å². The van der Waals surface area contributed by atoms with Crippen LogP contribution in [0.3, 0.4) is 0 Å². The highest BCUT2D eigenvalue weighted by molar-refractivity contribution is 5.89. The van der Waals surface area contributed by atoms with Gasteiger partial charge in [-0.2, -0.15) is 5.10 Å². The zero-order chi connectivity index (χ0) is 15.4. The van der Waals surface area contributed by atoms with Gasteiger partial charge in [0.25, 0.3) is 0 Å². The molecule has 4 heteroatoms. The summed E-state index contributed by atoms with van der Waals surface area (Å²) in [4.78, 5) is 10.9. The summed E-state index contributed by atoms with van der Waals surface area (Å²) in [7, 11) is 0. The number of nitrogens with zero attached hydrogens (tertiary/aromatic N) is 1. The van der Waals surface area contributed by atoms with Gasteiger partial charge in [-0.3, -0.25) is 5.43 Å². The number of benzene rings is 2. The Labute approximate surface area is 124 Å². The monoisotopic (exact) mass is 282 g/mol. The van der Waals surface area contributed by atoms with E-state index in [0.29, 0.717) is 5.69 Å². The van der Waals surface area contributed by atoms with Crippen molar-refractivity contribution in [1.82, 2.24) is 0 Å². The Morgan fingerprint density at radius 3 is 2.43 bits per heavy atom. The first-order chi connectivity index (χ1) is 9.97. The first-order valence-corrected chi connectivity index (χ1v) is 6.67. The van der Waals surface area contributed by atoms with E-state index in [4.69, 9.17) is 5.11 Å². The zero-order valence-electron chi connectivity index (χ0n) is 12.3. The van der Waals surface area contributed by atoms with Gasteiger partial charge in [-0.1, -0.05) is 23.8 Å². The van der Waals surface area contributed by atoms with Crippen molar-refractivity contribution in [2.24, 2.45) is 5.10 Å². The van der Waals surface area contributed by atoms with Crippen molar-refractivity contribution in [1.29, 1.82) is 0 Å². The third kappa shape index (κ3) is 3.69. The molecule has 0 spiro atoms. The molecule has 0 aliphatic heterocycles. The van der Waals surface area contributed by atoms with Crippen molar-refractivity contribution in [2.75, 3.05) is 5.43 Å². The number of aromatic carboxylic acids is 1. The first-order valence-electron chi connectivity index (χ1n) is 6.67. The molecule has 2 rings (SSSR count). The van der Waals surface area contributed by atoms with Crippen molar-refractivity contribution in [3.05, 3.63) is 64.2 Å². The molecule has 0 saturated carbocycles. The van der Waals surface area contributed by atoms with E-state index in [0.717, 1.165) is 16.7 Å². The molecular weight excluding hydrogens is 264 g/mol. The zero-order valence-corrected chi connectivity index (χ0v) is 12.3. The molecule has 0 aliphatic carbocycles. The molecule has 0 fully saturated rings. The van der Waals surface area contributed by atoms with Gasteiger partial charge in [0.15, 0.2) is 0 Å². The van der Waals surface area contributed by atoms with Crippen LogP contribution in [-0.2, 0) is 0 Å². The minimum absolute atomic E-state index is 0.234. The molecule has 0 heterocycles. The summed E-state index contributed by atoms with van der Waals surface area (Å²) in [5.41, 5.74) is 8.37. The highest BCUT2D eigenvalue weighted by atomic mass is 16.4. The Morgan fingerprint density at radius 1 is 1.14 bits per heavy atom. The predicted octanol–water partition coefficient (Wildman–Crippen LogP) is 3.76. The number of hydrogen-bond acceptors (Lipinski definition) is 3. The van der Waals surface area contributed by atoms with Crippen LogP contribution in [0.1, 0.15) is 32.6 Å². The highest BCUT2D eigenvalue weighted by Crippen LogP contribution is 2.15. The summed E-state index contributed by atoms with van der Waals surface area (Å²) in [5.74, 6) is -0.951. The summed E-state index contributed by atoms with van der Waals surface area (Å²) in [6, 6.07) is 10.8. The van der Waals surface area contributed by atoms with Crippen LogP contribution in [0.4, 0.5) is 5.69 Å². The topological polar surface area (TPSA) is 61.7 Å². The molecule has 0 aromatic heterocycles. The van der Waals surface area contributed by atoms with Crippen molar-refractivity contribution >= 4 is 17.9 Å². The van der Waals surface area contributed by atoms with Gasteiger partial charge in [-0.05, 0) is 50.1 Å². The molecule has 2 N–H and O–H groups in total. The van der Waals surface area contributed by atoms with Crippen LogP contribution in [0.2, 0.25) is 0 Å². The van der Waals surface area contributed by atoms with Crippen LogP contribution >= 0.6 is 0 Å². The van der Waals surface area contributed by atoms with Gasteiger partial charge in [0, 0.05) is 5.56 Å². The van der Waals surface area contributed by atoms with Crippen LogP contribution in [0.5, 0.6) is 0 Å². The first kappa shape index (κ1) is 14.8. The summed E-state index contributed by atoms with van der Waals surface area (Å²) in [5, 5.41) is 13.1. The number of carbonyl (C=O) groups is 1. The lowest BCUT2D eigenvalue weighted by Crippen LogP contribution is -1.99. The number of carboxylic acids is 1. The normalized spacial score (nSPS) is 10.8. The number of hydrazone groups is 1. The van der Waals surface area contributed by atoms with Crippen molar-refractivity contribution < 1.29 is 9.90 Å². The van der Waals surface area contributed by atoms with Crippen molar-refractivity contribution in [3.8, 4) is 0 Å². The second kappa shape index (κ2) is 6.22. The molecule has 2 aromatic carbocycles. The lowest BCUT2D eigenvalue weighted by molar-refractivity contribution is 0.0697. The average Bonchev–Trinajstić information content (AvgIpc) is 2.42. The number of carboxylic acid groups (broad SMARTS) is 1. The SMILES string of the molecule is Cc1cc(C)c(/C=N\Nc2cccc(C(=O)O)c2)c(C)c1. The third-order valence-electron chi connectivity index (χ3n) is 3.23. The van der Waals surface area contributed by atoms with Gasteiger partial charge in [-0.15, -0.1) is 0 Å². The minimum atomic E-state index is -0.951. The maximum Gasteiger partial charge on any atom is 0.335 e. The standard InChI is InChI=1S/C17H18N2O2/c1-11-7-12(2)16(13(3)8-11)10-18-19-15-6-4-5-14(9-15)17(20)21/h4-10,19H,1-3H3,(H,20,21)/b18-10-. The maximum atomic E-state index is 10.9. The third-order valence-corrected chi connectivity index (χ3v) is 3.23. The Kier molecular flexibility index (Phi) is 4.38. The molecule has 0 bridgehead atoms. The summed E-state index contributed by atoms with van der Waals surface area (Å²) in [6.07, 6.45) is 1.76. The highest BCUT2D eigenvalue weighted by Gasteiger charge is 2.03. The van der Waals surface area contributed by atoms with Crippen LogP contribution in [-0.4, -0.2) is 17.3 Å². The number of rotatable bonds is 4. The molecule has 108 valence electrons. The molecule has 0 atom stereocenters. The quantitative estimate of drug-likeness (QED) is 0.663. The van der Waals surface area contributed by atoms with E-state index < -0.39 is 5.97 Å². The van der Waals surface area contributed by atoms with Crippen molar-refractivity contribution in [3.63, 3.8) is 0 Å². The van der Waals surface area contributed by atoms with Gasteiger partial charge in [0.05, 0.1) is 17.5 Å². The number of aryl methyl sites for hydroxylation is 3. The summed E-state index contributed by atoms with van der Waals surface area (Å²) in [6.45, 7) is 6.16. The lowest BCUT2D eigenvalue weighted by atomic mass is 10.0. The molecule has 0 unspecified atom stereocenters. The summed E-state index contributed by atoms with van der Waals surface area (Å²) < 4.78 is 0. The van der Waals surface area contributed by atoms with Gasteiger partial charge >= 0.3 is 5.97 Å². The fraction of sp³-hybridized carbons (Fsp3) is 0.176. The Morgan fingerprint density at radius 2 is 1.81 bits per heavy atom. The van der Waals surface area contributed by atoms with Crippen LogP contribution in [0, 0.1) is 20.8 Å². The van der Waals surface area contributed by atoms with Crippen molar-refractivity contribution in [2.45, 2.75) is 20.8 Å². The Bertz CT molecular complexity index is 683. The molecule has 21 heavy (non-hydrogen) atoms. The number of nitrogens with one attached hydrogen (secondary N) is 1. The maximum absolute atomic E-state index is 10.9. The summed E-state index contributed by atoms with van der Waals surface area (Å²) >= 11 is 0. The average molecular weight is 282 g/mol. The van der Waals surface area contributed by atoms with E-state index in [1.807, 2.05) is 13.8 Å². The number of anilines is 1. The van der Waals surface area contributed by atoms with Gasteiger partial charge < -0.3 is 5.11 Å². The smallest absolute Gasteiger partial charge is 0.335 e. The second-order valence-corrected chi connectivity index (χ2v) is 5.07. The number of hydrogen-bond donors (Lipinski definition) is 2. The van der Waals surface area contributed by atoms with Crippen LogP contribution in [0.25, 0.3) is 0 Å². The fourth-order valence-electron chi connectivity index (χ4n) is 2.29.